The number of carbonyl (C=O) groups is 1. The minimum atomic E-state index is -0.214. The monoisotopic (exact) mass is 339 g/mol. The molecule has 0 saturated carbocycles. The number of hydrogen-bond donors (Lipinski definition) is 0. The number of rotatable bonds is 4. The fourth-order valence-electron chi connectivity index (χ4n) is 2.97. The van der Waals surface area contributed by atoms with Crippen LogP contribution in [0.25, 0.3) is 11.3 Å². The first kappa shape index (κ1) is 15.0. The van der Waals surface area contributed by atoms with E-state index >= 15 is 0 Å². The third-order valence-electron chi connectivity index (χ3n) is 4.20. The van der Waals surface area contributed by atoms with Crippen LogP contribution in [-0.4, -0.2) is 17.4 Å². The minimum absolute atomic E-state index is 0.128. The summed E-state index contributed by atoms with van der Waals surface area (Å²) >= 11 is 6.32. The number of halogens is 1. The lowest BCUT2D eigenvalue weighted by molar-refractivity contribution is -0.120. The Labute approximate surface area is 144 Å². The molecule has 1 unspecified atom stereocenters. The number of benzene rings is 2. The first-order chi connectivity index (χ1) is 11.7. The van der Waals surface area contributed by atoms with E-state index in [9.17, 15) is 4.79 Å². The number of hydrogen-bond acceptors (Lipinski definition) is 4. The highest BCUT2D eigenvalue weighted by molar-refractivity contribution is 6.33. The molecule has 0 bridgehead atoms. The molecule has 0 fully saturated rings. The number of ether oxygens (including phenoxy) is 1. The van der Waals surface area contributed by atoms with Crippen LogP contribution in [0.15, 0.2) is 59.5 Å². The fraction of sp³-hybridized carbons (Fsp3) is 0.158. The van der Waals surface area contributed by atoms with Crippen LogP contribution in [0.2, 0.25) is 5.02 Å². The molecule has 2 aromatic carbocycles. The maximum absolute atomic E-state index is 12.7. The quantitative estimate of drug-likeness (QED) is 0.711. The Bertz CT molecular complexity index is 889. The molecule has 2 heterocycles. The van der Waals surface area contributed by atoms with E-state index in [2.05, 4.69) is 4.98 Å². The van der Waals surface area contributed by atoms with Crippen LogP contribution in [0.5, 0.6) is 5.75 Å². The van der Waals surface area contributed by atoms with Crippen LogP contribution in [0, 0.1) is 0 Å². The number of aromatic nitrogens is 1. The lowest BCUT2D eigenvalue weighted by atomic mass is 9.92. The largest absolute Gasteiger partial charge is 0.492 e. The smallest absolute Gasteiger partial charge is 0.181 e. The Morgan fingerprint density at radius 1 is 1.25 bits per heavy atom. The standard InChI is InChI=1S/C19H14ClNO3/c20-16-7-12(5-6-14(16)19-9-21-11-24-19)8-17(22)15-10-23-18-4-2-1-3-13(15)18/h1-7,9,11,15H,8,10H2. The number of ketones is 1. The average molecular weight is 340 g/mol. The van der Waals surface area contributed by atoms with E-state index < -0.39 is 0 Å². The maximum Gasteiger partial charge on any atom is 0.181 e. The number of para-hydroxylation sites is 1. The number of carbonyl (C=O) groups excluding carboxylic acids is 1. The minimum Gasteiger partial charge on any atom is -0.492 e. The van der Waals surface area contributed by atoms with E-state index in [1.807, 2.05) is 36.4 Å². The molecule has 5 heteroatoms. The molecule has 0 spiro atoms. The van der Waals surface area contributed by atoms with Gasteiger partial charge in [-0.05, 0) is 23.8 Å². The van der Waals surface area contributed by atoms with Crippen molar-refractivity contribution in [3.8, 4) is 17.1 Å². The number of Topliss-reactive ketones (excluding diaryl/α,β-unsaturated/α-hetero) is 1. The molecule has 1 aliphatic rings. The van der Waals surface area contributed by atoms with Crippen molar-refractivity contribution in [1.29, 1.82) is 0 Å². The SMILES string of the molecule is O=C(Cc1ccc(-c2cnco2)c(Cl)c1)C1COc2ccccc21. The van der Waals surface area contributed by atoms with E-state index in [1.54, 1.807) is 12.3 Å². The summed E-state index contributed by atoms with van der Waals surface area (Å²) in [6.07, 6.45) is 3.29. The highest BCUT2D eigenvalue weighted by Gasteiger charge is 2.29. The topological polar surface area (TPSA) is 52.3 Å². The first-order valence-corrected chi connectivity index (χ1v) is 8.02. The van der Waals surface area contributed by atoms with Gasteiger partial charge in [0.2, 0.25) is 0 Å². The zero-order chi connectivity index (χ0) is 16.5. The van der Waals surface area contributed by atoms with Gasteiger partial charge in [0.1, 0.15) is 18.1 Å². The van der Waals surface area contributed by atoms with E-state index in [4.69, 9.17) is 20.8 Å². The molecular weight excluding hydrogens is 326 g/mol. The lowest BCUT2D eigenvalue weighted by Crippen LogP contribution is -2.16. The van der Waals surface area contributed by atoms with Gasteiger partial charge in [0, 0.05) is 17.5 Å². The molecule has 0 N–H and O–H groups in total. The van der Waals surface area contributed by atoms with Gasteiger partial charge in [-0.3, -0.25) is 4.79 Å². The Balaban J connectivity index is 1.54. The van der Waals surface area contributed by atoms with E-state index in [1.165, 1.54) is 6.39 Å². The first-order valence-electron chi connectivity index (χ1n) is 7.64. The molecule has 1 atom stereocenters. The molecule has 0 aliphatic carbocycles. The van der Waals surface area contributed by atoms with Gasteiger partial charge in [-0.15, -0.1) is 0 Å². The second-order valence-electron chi connectivity index (χ2n) is 5.72. The molecule has 0 radical (unpaired) electrons. The highest BCUT2D eigenvalue weighted by Crippen LogP contribution is 2.35. The second kappa shape index (κ2) is 6.13. The lowest BCUT2D eigenvalue weighted by Gasteiger charge is -2.09. The van der Waals surface area contributed by atoms with E-state index in [0.29, 0.717) is 23.8 Å². The van der Waals surface area contributed by atoms with Gasteiger partial charge in [0.05, 0.1) is 17.1 Å². The Morgan fingerprint density at radius 2 is 2.12 bits per heavy atom. The molecule has 0 amide bonds. The molecule has 1 aliphatic heterocycles. The van der Waals surface area contributed by atoms with Crippen molar-refractivity contribution in [2.75, 3.05) is 6.61 Å². The average Bonchev–Trinajstić information content (AvgIpc) is 3.24. The molecule has 1 aromatic heterocycles. The van der Waals surface area contributed by atoms with Crippen molar-refractivity contribution in [3.05, 3.63) is 71.2 Å². The molecule has 4 rings (SSSR count). The molecule has 3 aromatic rings. The fourth-order valence-corrected chi connectivity index (χ4v) is 3.27. The molecule has 24 heavy (non-hydrogen) atoms. The number of nitrogens with zero attached hydrogens (tertiary/aromatic N) is 1. The summed E-state index contributed by atoms with van der Waals surface area (Å²) < 4.78 is 10.9. The van der Waals surface area contributed by atoms with Gasteiger partial charge in [-0.1, -0.05) is 35.9 Å². The summed E-state index contributed by atoms with van der Waals surface area (Å²) in [6, 6.07) is 13.2. The van der Waals surface area contributed by atoms with Gasteiger partial charge in [-0.25, -0.2) is 4.98 Å². The summed E-state index contributed by atoms with van der Waals surface area (Å²) in [7, 11) is 0. The van der Waals surface area contributed by atoms with Gasteiger partial charge < -0.3 is 9.15 Å². The van der Waals surface area contributed by atoms with Crippen LogP contribution in [-0.2, 0) is 11.2 Å². The molecule has 4 nitrogen and oxygen atoms in total. The summed E-state index contributed by atoms with van der Waals surface area (Å²) in [5.74, 6) is 1.32. The maximum atomic E-state index is 12.7. The summed E-state index contributed by atoms with van der Waals surface area (Å²) in [6.45, 7) is 0.405. The van der Waals surface area contributed by atoms with Crippen molar-refractivity contribution in [2.45, 2.75) is 12.3 Å². The van der Waals surface area contributed by atoms with Crippen molar-refractivity contribution < 1.29 is 13.9 Å². The van der Waals surface area contributed by atoms with Gasteiger partial charge >= 0.3 is 0 Å². The van der Waals surface area contributed by atoms with Crippen LogP contribution < -0.4 is 4.74 Å². The van der Waals surface area contributed by atoms with E-state index in [-0.39, 0.29) is 11.7 Å². The second-order valence-corrected chi connectivity index (χ2v) is 6.13. The van der Waals surface area contributed by atoms with Crippen molar-refractivity contribution >= 4 is 17.4 Å². The Kier molecular flexibility index (Phi) is 3.82. The summed E-state index contributed by atoms with van der Waals surface area (Å²) in [4.78, 5) is 16.5. The van der Waals surface area contributed by atoms with Crippen LogP contribution >= 0.6 is 11.6 Å². The van der Waals surface area contributed by atoms with Gasteiger partial charge in [-0.2, -0.15) is 0 Å². The third kappa shape index (κ3) is 2.69. The van der Waals surface area contributed by atoms with E-state index in [0.717, 1.165) is 22.4 Å². The Hall–Kier alpha value is -2.59. The van der Waals surface area contributed by atoms with Gasteiger partial charge in [0.25, 0.3) is 0 Å². The van der Waals surface area contributed by atoms with Crippen molar-refractivity contribution in [1.82, 2.24) is 4.98 Å². The highest BCUT2D eigenvalue weighted by atomic mass is 35.5. The van der Waals surface area contributed by atoms with Crippen LogP contribution in [0.4, 0.5) is 0 Å². The predicted molar refractivity (Wildman–Crippen MR) is 90.3 cm³/mol. The van der Waals surface area contributed by atoms with Crippen LogP contribution in [0.3, 0.4) is 0 Å². The predicted octanol–water partition coefficient (Wildman–Crippen LogP) is 4.28. The molecule has 0 saturated heterocycles. The normalized spacial score (nSPS) is 15.8. The zero-order valence-corrected chi connectivity index (χ0v) is 13.5. The number of fused-ring (bicyclic) bond motifs is 1. The Morgan fingerprint density at radius 3 is 2.92 bits per heavy atom. The van der Waals surface area contributed by atoms with Crippen molar-refractivity contribution in [2.24, 2.45) is 0 Å². The number of oxazole rings is 1. The molecule has 120 valence electrons. The van der Waals surface area contributed by atoms with Crippen LogP contribution in [0.1, 0.15) is 17.0 Å². The van der Waals surface area contributed by atoms with Crippen molar-refractivity contribution in [3.63, 3.8) is 0 Å². The summed E-state index contributed by atoms with van der Waals surface area (Å²) in [5.41, 5.74) is 2.60. The van der Waals surface area contributed by atoms with Gasteiger partial charge in [0.15, 0.2) is 12.2 Å². The molecular formula is C19H14ClNO3. The zero-order valence-electron chi connectivity index (χ0n) is 12.7. The third-order valence-corrected chi connectivity index (χ3v) is 4.51. The summed E-state index contributed by atoms with van der Waals surface area (Å²) in [5, 5.41) is 0.542.